The summed E-state index contributed by atoms with van der Waals surface area (Å²) in [6, 6.07) is 0. The molecule has 0 radical (unpaired) electrons. The Kier molecular flexibility index (Phi) is 1.78. The van der Waals surface area contributed by atoms with Gasteiger partial charge >= 0.3 is 0 Å². The van der Waals surface area contributed by atoms with Gasteiger partial charge in [0.15, 0.2) is 0 Å². The van der Waals surface area contributed by atoms with Crippen molar-refractivity contribution in [2.45, 2.75) is 13.3 Å². The zero-order valence-corrected chi connectivity index (χ0v) is 5.42. The van der Waals surface area contributed by atoms with Crippen molar-refractivity contribution in [1.82, 2.24) is 0 Å². The lowest BCUT2D eigenvalue weighted by Crippen LogP contribution is -2.01. The molecule has 1 rings (SSSR count). The van der Waals surface area contributed by atoms with E-state index in [4.69, 9.17) is 0 Å². The molecule has 0 aromatic heterocycles. The number of nitrogens with zero attached hydrogens (tertiary/aromatic N) is 1. The van der Waals surface area contributed by atoms with Gasteiger partial charge in [-0.15, -0.1) is 0 Å². The van der Waals surface area contributed by atoms with Gasteiger partial charge in [-0.25, -0.2) is 0 Å². The summed E-state index contributed by atoms with van der Waals surface area (Å²) >= 11 is 0. The first-order valence-corrected chi connectivity index (χ1v) is 2.96. The topological polar surface area (TPSA) is 29.4 Å². The summed E-state index contributed by atoms with van der Waals surface area (Å²) < 4.78 is 0. The summed E-state index contributed by atoms with van der Waals surface area (Å²) in [5.74, 6) is 0. The van der Waals surface area contributed by atoms with Gasteiger partial charge in [0.05, 0.1) is 6.54 Å². The van der Waals surface area contributed by atoms with Gasteiger partial charge in [-0.2, -0.15) is 0 Å². The second kappa shape index (κ2) is 2.58. The summed E-state index contributed by atoms with van der Waals surface area (Å²) in [5.41, 5.74) is 2.00. The Morgan fingerprint density at radius 1 is 1.78 bits per heavy atom. The highest BCUT2D eigenvalue weighted by Gasteiger charge is 2.02. The van der Waals surface area contributed by atoms with Gasteiger partial charge in [0.25, 0.3) is 0 Å². The smallest absolute Gasteiger partial charge is 0.147 e. The van der Waals surface area contributed by atoms with Gasteiger partial charge in [0, 0.05) is 18.2 Å². The summed E-state index contributed by atoms with van der Waals surface area (Å²) in [6.45, 7) is 2.55. The molecular weight excluding hydrogens is 114 g/mol. The fraction of sp³-hybridized carbons (Fsp3) is 0.429. The lowest BCUT2D eigenvalue weighted by Gasteiger charge is -2.05. The number of carbonyl (C=O) groups is 1. The Labute approximate surface area is 54.3 Å². The maximum absolute atomic E-state index is 10.2. The first kappa shape index (κ1) is 6.20. The van der Waals surface area contributed by atoms with E-state index >= 15 is 0 Å². The highest BCUT2D eigenvalue weighted by molar-refractivity contribution is 5.79. The molecule has 0 aliphatic carbocycles. The van der Waals surface area contributed by atoms with Gasteiger partial charge in [0.2, 0.25) is 0 Å². The van der Waals surface area contributed by atoms with E-state index in [0.29, 0.717) is 6.54 Å². The molecule has 0 saturated heterocycles. The molecule has 2 heteroatoms. The molecule has 1 heterocycles. The van der Waals surface area contributed by atoms with E-state index in [1.54, 1.807) is 0 Å². The summed E-state index contributed by atoms with van der Waals surface area (Å²) in [7, 11) is 0. The molecule has 0 aromatic carbocycles. The first-order chi connectivity index (χ1) is 4.34. The Morgan fingerprint density at radius 3 is 3.00 bits per heavy atom. The summed E-state index contributed by atoms with van der Waals surface area (Å²) in [6.07, 6.45) is 3.59. The molecular formula is C7H9NO. The number of dihydropyridines is 1. The lowest BCUT2D eigenvalue weighted by molar-refractivity contribution is -0.105. The van der Waals surface area contributed by atoms with Crippen LogP contribution in [0.25, 0.3) is 0 Å². The van der Waals surface area contributed by atoms with Crippen LogP contribution >= 0.6 is 0 Å². The van der Waals surface area contributed by atoms with Crippen LogP contribution in [0.3, 0.4) is 0 Å². The molecule has 0 spiro atoms. The van der Waals surface area contributed by atoms with Crippen molar-refractivity contribution in [3.05, 3.63) is 11.1 Å². The largest absolute Gasteiger partial charge is 0.298 e. The van der Waals surface area contributed by atoms with Crippen molar-refractivity contribution in [2.24, 2.45) is 4.99 Å². The van der Waals surface area contributed by atoms with Gasteiger partial charge in [-0.3, -0.25) is 9.79 Å². The molecule has 0 N–H and O–H groups in total. The first-order valence-electron chi connectivity index (χ1n) is 2.96. The number of rotatable bonds is 1. The second-order valence-corrected chi connectivity index (χ2v) is 2.15. The standard InChI is InChI=1S/C7H9NO/c1-6-2-3-8-4-7(6)5-9/h3,5H,2,4H2,1H3. The van der Waals surface area contributed by atoms with E-state index < -0.39 is 0 Å². The van der Waals surface area contributed by atoms with Crippen LogP contribution < -0.4 is 0 Å². The average molecular weight is 123 g/mol. The highest BCUT2D eigenvalue weighted by Crippen LogP contribution is 2.08. The Morgan fingerprint density at radius 2 is 2.56 bits per heavy atom. The molecule has 0 unspecified atom stereocenters. The van der Waals surface area contributed by atoms with Crippen molar-refractivity contribution >= 4 is 12.5 Å². The zero-order valence-electron chi connectivity index (χ0n) is 5.42. The number of allylic oxidation sites excluding steroid dienone is 1. The van der Waals surface area contributed by atoms with Crippen molar-refractivity contribution in [1.29, 1.82) is 0 Å². The zero-order chi connectivity index (χ0) is 6.69. The number of hydrogen-bond acceptors (Lipinski definition) is 2. The fourth-order valence-electron chi connectivity index (χ4n) is 0.768. The SMILES string of the molecule is CC1=C(C=O)CN=CC1. The molecule has 0 atom stereocenters. The van der Waals surface area contributed by atoms with Crippen molar-refractivity contribution in [3.63, 3.8) is 0 Å². The van der Waals surface area contributed by atoms with Crippen LogP contribution in [0.5, 0.6) is 0 Å². The summed E-state index contributed by atoms with van der Waals surface area (Å²) in [4.78, 5) is 14.2. The Hall–Kier alpha value is -0.920. The van der Waals surface area contributed by atoms with Crippen LogP contribution in [0.1, 0.15) is 13.3 Å². The minimum atomic E-state index is 0.579. The van der Waals surface area contributed by atoms with E-state index in [-0.39, 0.29) is 0 Å². The minimum Gasteiger partial charge on any atom is -0.298 e. The average Bonchev–Trinajstić information content (AvgIpc) is 1.89. The third-order valence-electron chi connectivity index (χ3n) is 1.48. The van der Waals surface area contributed by atoms with Crippen LogP contribution in [0, 0.1) is 0 Å². The molecule has 0 amide bonds. The van der Waals surface area contributed by atoms with E-state index in [1.165, 1.54) is 0 Å². The Bertz CT molecular complexity index is 179. The molecule has 0 saturated carbocycles. The maximum Gasteiger partial charge on any atom is 0.147 e. The number of aldehydes is 1. The lowest BCUT2D eigenvalue weighted by atomic mass is 10.1. The van der Waals surface area contributed by atoms with Crippen molar-refractivity contribution < 1.29 is 4.79 Å². The molecule has 0 aromatic rings. The predicted molar refractivity (Wildman–Crippen MR) is 36.7 cm³/mol. The molecule has 1 aliphatic heterocycles. The van der Waals surface area contributed by atoms with Crippen LogP contribution in [-0.4, -0.2) is 19.0 Å². The minimum absolute atomic E-state index is 0.579. The summed E-state index contributed by atoms with van der Waals surface area (Å²) in [5, 5.41) is 0. The normalized spacial score (nSPS) is 18.3. The van der Waals surface area contributed by atoms with Crippen LogP contribution in [0.2, 0.25) is 0 Å². The monoisotopic (exact) mass is 123 g/mol. The van der Waals surface area contributed by atoms with Gasteiger partial charge in [-0.05, 0) is 6.92 Å². The van der Waals surface area contributed by atoms with Crippen molar-refractivity contribution in [2.75, 3.05) is 6.54 Å². The molecule has 0 bridgehead atoms. The molecule has 48 valence electrons. The van der Waals surface area contributed by atoms with Gasteiger partial charge < -0.3 is 0 Å². The predicted octanol–water partition coefficient (Wildman–Crippen LogP) is 0.976. The van der Waals surface area contributed by atoms with Crippen LogP contribution in [-0.2, 0) is 4.79 Å². The molecule has 9 heavy (non-hydrogen) atoms. The fourth-order valence-corrected chi connectivity index (χ4v) is 0.768. The Balaban J connectivity index is 2.75. The van der Waals surface area contributed by atoms with Gasteiger partial charge in [0.1, 0.15) is 6.29 Å². The molecule has 2 nitrogen and oxygen atoms in total. The van der Waals surface area contributed by atoms with E-state index in [2.05, 4.69) is 4.99 Å². The number of hydrogen-bond donors (Lipinski definition) is 0. The van der Waals surface area contributed by atoms with E-state index in [9.17, 15) is 4.79 Å². The van der Waals surface area contributed by atoms with Gasteiger partial charge in [-0.1, -0.05) is 5.57 Å². The highest BCUT2D eigenvalue weighted by atomic mass is 16.1. The van der Waals surface area contributed by atoms with E-state index in [0.717, 1.165) is 23.9 Å². The second-order valence-electron chi connectivity index (χ2n) is 2.15. The van der Waals surface area contributed by atoms with Crippen molar-refractivity contribution in [3.8, 4) is 0 Å². The van der Waals surface area contributed by atoms with Crippen LogP contribution in [0.15, 0.2) is 16.1 Å². The van der Waals surface area contributed by atoms with E-state index in [1.807, 2.05) is 13.1 Å². The third kappa shape index (κ3) is 1.25. The molecule has 0 fully saturated rings. The molecule has 1 aliphatic rings. The van der Waals surface area contributed by atoms with Crippen LogP contribution in [0.4, 0.5) is 0 Å². The quantitative estimate of drug-likeness (QED) is 0.478. The number of aliphatic imine (C=N–C) groups is 1. The number of carbonyl (C=O) groups excluding carboxylic acids is 1. The maximum atomic E-state index is 10.2. The third-order valence-corrected chi connectivity index (χ3v) is 1.48.